The Bertz CT molecular complexity index is 853. The molecule has 2 aromatic carbocycles. The van der Waals surface area contributed by atoms with Gasteiger partial charge in [-0.05, 0) is 36.2 Å². The van der Waals surface area contributed by atoms with Crippen molar-refractivity contribution in [1.82, 2.24) is 9.78 Å². The molecule has 0 aliphatic rings. The maximum absolute atomic E-state index is 12.1. The van der Waals surface area contributed by atoms with Gasteiger partial charge < -0.3 is 0 Å². The van der Waals surface area contributed by atoms with E-state index in [4.69, 9.17) is 11.6 Å². The zero-order valence-electron chi connectivity index (χ0n) is 12.2. The molecule has 0 spiro atoms. The van der Waals surface area contributed by atoms with Gasteiger partial charge in [-0.1, -0.05) is 48.0 Å². The Labute approximate surface area is 133 Å². The lowest BCUT2D eigenvalue weighted by molar-refractivity contribution is 0.640. The van der Waals surface area contributed by atoms with Crippen molar-refractivity contribution in [2.75, 3.05) is 0 Å². The van der Waals surface area contributed by atoms with Gasteiger partial charge in [0.2, 0.25) is 0 Å². The molecule has 4 heteroatoms. The number of hydrogen-bond acceptors (Lipinski definition) is 2. The third-order valence-corrected chi connectivity index (χ3v) is 3.84. The van der Waals surface area contributed by atoms with E-state index in [1.54, 1.807) is 12.1 Å². The van der Waals surface area contributed by atoms with Crippen LogP contribution < -0.4 is 5.56 Å². The molecule has 1 heterocycles. The van der Waals surface area contributed by atoms with Crippen LogP contribution in [0.5, 0.6) is 0 Å². The normalized spacial score (nSPS) is 10.6. The summed E-state index contributed by atoms with van der Waals surface area (Å²) in [7, 11) is 0. The fourth-order valence-corrected chi connectivity index (χ4v) is 2.41. The molecule has 0 atom stereocenters. The summed E-state index contributed by atoms with van der Waals surface area (Å²) in [6.45, 7) is 2.50. The predicted molar refractivity (Wildman–Crippen MR) is 89.2 cm³/mol. The van der Waals surface area contributed by atoms with Crippen molar-refractivity contribution in [1.29, 1.82) is 0 Å². The van der Waals surface area contributed by atoms with Crippen LogP contribution in [0.1, 0.15) is 11.1 Å². The monoisotopic (exact) mass is 310 g/mol. The van der Waals surface area contributed by atoms with Crippen molar-refractivity contribution in [2.45, 2.75) is 13.5 Å². The molecule has 0 saturated heterocycles. The summed E-state index contributed by atoms with van der Waals surface area (Å²) < 4.78 is 1.49. The second-order valence-corrected chi connectivity index (χ2v) is 5.58. The number of aryl methyl sites for hydroxylation is 1. The number of nitrogens with zero attached hydrogens (tertiary/aromatic N) is 2. The first kappa shape index (κ1) is 14.5. The first-order valence-electron chi connectivity index (χ1n) is 7.02. The van der Waals surface area contributed by atoms with E-state index < -0.39 is 0 Å². The molecule has 0 saturated carbocycles. The van der Waals surface area contributed by atoms with Crippen molar-refractivity contribution in [3.63, 3.8) is 0 Å². The molecular weight excluding hydrogens is 296 g/mol. The first-order chi connectivity index (χ1) is 10.6. The molecule has 1 aromatic heterocycles. The molecule has 22 heavy (non-hydrogen) atoms. The lowest BCUT2D eigenvalue weighted by Crippen LogP contribution is -2.23. The lowest BCUT2D eigenvalue weighted by Gasteiger charge is -2.09. The molecule has 0 N–H and O–H groups in total. The quantitative estimate of drug-likeness (QED) is 0.735. The molecule has 0 fully saturated rings. The van der Waals surface area contributed by atoms with Crippen LogP contribution in [0.4, 0.5) is 0 Å². The van der Waals surface area contributed by atoms with Gasteiger partial charge in [0.1, 0.15) is 0 Å². The summed E-state index contributed by atoms with van der Waals surface area (Å²) in [6, 6.07) is 18.7. The Morgan fingerprint density at radius 2 is 1.73 bits per heavy atom. The summed E-state index contributed by atoms with van der Waals surface area (Å²) in [4.78, 5) is 12.1. The lowest BCUT2D eigenvalue weighted by atomic mass is 10.1. The van der Waals surface area contributed by atoms with Gasteiger partial charge in [0.15, 0.2) is 0 Å². The zero-order valence-corrected chi connectivity index (χ0v) is 12.9. The first-order valence-corrected chi connectivity index (χ1v) is 7.40. The second kappa shape index (κ2) is 6.16. The third-order valence-electron chi connectivity index (χ3n) is 3.59. The molecule has 3 nitrogen and oxygen atoms in total. The van der Waals surface area contributed by atoms with E-state index in [-0.39, 0.29) is 5.56 Å². The Hall–Kier alpha value is -2.39. The highest BCUT2D eigenvalue weighted by atomic mass is 35.5. The van der Waals surface area contributed by atoms with Gasteiger partial charge in [-0.15, -0.1) is 0 Å². The van der Waals surface area contributed by atoms with E-state index in [9.17, 15) is 4.79 Å². The van der Waals surface area contributed by atoms with Crippen LogP contribution >= 0.6 is 11.6 Å². The van der Waals surface area contributed by atoms with Crippen molar-refractivity contribution in [2.24, 2.45) is 0 Å². The molecule has 0 aliphatic heterocycles. The van der Waals surface area contributed by atoms with Crippen molar-refractivity contribution in [3.8, 4) is 11.3 Å². The molecular formula is C18H15ClN2O. The largest absolute Gasteiger partial charge is 0.268 e. The molecule has 3 rings (SSSR count). The molecule has 0 radical (unpaired) electrons. The highest BCUT2D eigenvalue weighted by Crippen LogP contribution is 2.18. The van der Waals surface area contributed by atoms with Gasteiger partial charge >= 0.3 is 0 Å². The van der Waals surface area contributed by atoms with Crippen molar-refractivity contribution >= 4 is 11.6 Å². The minimum absolute atomic E-state index is 0.110. The summed E-state index contributed by atoms with van der Waals surface area (Å²) in [5.74, 6) is 0. The summed E-state index contributed by atoms with van der Waals surface area (Å²) in [5.41, 5.74) is 3.81. The van der Waals surface area contributed by atoms with Crippen molar-refractivity contribution in [3.05, 3.63) is 87.2 Å². The Balaban J connectivity index is 1.98. The number of benzene rings is 2. The van der Waals surface area contributed by atoms with Crippen LogP contribution in [-0.4, -0.2) is 9.78 Å². The van der Waals surface area contributed by atoms with Gasteiger partial charge in [0.25, 0.3) is 5.56 Å². The standard InChI is InChI=1S/C18H15ClN2O/c1-13-4-2-3-5-15(13)12-21-18(22)11-10-17(20-21)14-6-8-16(19)9-7-14/h2-11H,12H2,1H3. The summed E-state index contributed by atoms with van der Waals surface area (Å²) in [6.07, 6.45) is 0. The third kappa shape index (κ3) is 3.10. The molecule has 110 valence electrons. The van der Waals surface area contributed by atoms with Crippen LogP contribution in [0.15, 0.2) is 65.5 Å². The fourth-order valence-electron chi connectivity index (χ4n) is 2.29. The van der Waals surface area contributed by atoms with E-state index in [0.29, 0.717) is 11.6 Å². The Morgan fingerprint density at radius 3 is 2.45 bits per heavy atom. The number of aromatic nitrogens is 2. The second-order valence-electron chi connectivity index (χ2n) is 5.15. The van der Waals surface area contributed by atoms with Gasteiger partial charge in [-0.2, -0.15) is 5.10 Å². The van der Waals surface area contributed by atoms with Gasteiger partial charge in [0.05, 0.1) is 12.2 Å². The zero-order chi connectivity index (χ0) is 15.5. The average Bonchev–Trinajstić information content (AvgIpc) is 2.52. The van der Waals surface area contributed by atoms with E-state index in [2.05, 4.69) is 5.10 Å². The van der Waals surface area contributed by atoms with E-state index in [1.807, 2.05) is 55.5 Å². The fraction of sp³-hybridized carbons (Fsp3) is 0.111. The SMILES string of the molecule is Cc1ccccc1Cn1nc(-c2ccc(Cl)cc2)ccc1=O. The molecule has 0 aliphatic carbocycles. The van der Waals surface area contributed by atoms with Gasteiger partial charge in [-0.25, -0.2) is 4.68 Å². The Morgan fingerprint density at radius 1 is 1.00 bits per heavy atom. The molecule has 0 amide bonds. The van der Waals surface area contributed by atoms with Crippen molar-refractivity contribution < 1.29 is 0 Å². The molecule has 3 aromatic rings. The Kier molecular flexibility index (Phi) is 4.07. The number of hydrogen-bond donors (Lipinski definition) is 0. The molecule has 0 bridgehead atoms. The topological polar surface area (TPSA) is 34.9 Å². The van der Waals surface area contributed by atoms with Crippen LogP contribution in [0.25, 0.3) is 11.3 Å². The summed E-state index contributed by atoms with van der Waals surface area (Å²) >= 11 is 5.90. The minimum Gasteiger partial charge on any atom is -0.268 e. The summed E-state index contributed by atoms with van der Waals surface area (Å²) in [5, 5.41) is 5.15. The highest BCUT2D eigenvalue weighted by Gasteiger charge is 2.05. The van der Waals surface area contributed by atoms with E-state index >= 15 is 0 Å². The predicted octanol–water partition coefficient (Wildman–Crippen LogP) is 3.92. The van der Waals surface area contributed by atoms with Crippen LogP contribution in [-0.2, 0) is 6.54 Å². The smallest absolute Gasteiger partial charge is 0.267 e. The van der Waals surface area contributed by atoms with E-state index in [0.717, 1.165) is 22.4 Å². The molecule has 0 unspecified atom stereocenters. The minimum atomic E-state index is -0.110. The van der Waals surface area contributed by atoms with Crippen LogP contribution in [0, 0.1) is 6.92 Å². The number of halogens is 1. The van der Waals surface area contributed by atoms with E-state index in [1.165, 1.54) is 4.68 Å². The maximum Gasteiger partial charge on any atom is 0.267 e. The number of rotatable bonds is 3. The van der Waals surface area contributed by atoms with Crippen LogP contribution in [0.3, 0.4) is 0 Å². The maximum atomic E-state index is 12.1. The average molecular weight is 311 g/mol. The highest BCUT2D eigenvalue weighted by molar-refractivity contribution is 6.30. The van der Waals surface area contributed by atoms with Gasteiger partial charge in [-0.3, -0.25) is 4.79 Å². The van der Waals surface area contributed by atoms with Gasteiger partial charge in [0, 0.05) is 16.7 Å². The van der Waals surface area contributed by atoms with Crippen LogP contribution in [0.2, 0.25) is 5.02 Å².